The van der Waals surface area contributed by atoms with Gasteiger partial charge in [-0.2, -0.15) is 0 Å². The molecule has 0 saturated heterocycles. The van der Waals surface area contributed by atoms with Crippen molar-refractivity contribution >= 4 is 22.6 Å². The first-order chi connectivity index (χ1) is 8.72. The van der Waals surface area contributed by atoms with Gasteiger partial charge in [-0.1, -0.05) is 11.6 Å². The van der Waals surface area contributed by atoms with Crippen LogP contribution in [0.4, 0.5) is 4.39 Å². The van der Waals surface area contributed by atoms with Gasteiger partial charge in [0.1, 0.15) is 5.82 Å². The van der Waals surface area contributed by atoms with Crippen LogP contribution in [0.25, 0.3) is 22.3 Å². The number of fused-ring (bicyclic) bond motifs is 1. The highest BCUT2D eigenvalue weighted by Crippen LogP contribution is 2.21. The maximum absolute atomic E-state index is 12.8. The molecule has 0 radical (unpaired) electrons. The van der Waals surface area contributed by atoms with Crippen molar-refractivity contribution in [1.82, 2.24) is 9.97 Å². The minimum absolute atomic E-state index is 0.265. The van der Waals surface area contributed by atoms with E-state index in [2.05, 4.69) is 9.97 Å². The van der Waals surface area contributed by atoms with Crippen LogP contribution in [0.1, 0.15) is 0 Å². The molecule has 1 heterocycles. The molecule has 88 valence electrons. The van der Waals surface area contributed by atoms with E-state index in [-0.39, 0.29) is 5.82 Å². The summed E-state index contributed by atoms with van der Waals surface area (Å²) in [4.78, 5) is 8.77. The van der Waals surface area contributed by atoms with Gasteiger partial charge in [0.25, 0.3) is 0 Å². The molecule has 0 bridgehead atoms. The van der Waals surface area contributed by atoms with Gasteiger partial charge in [-0.15, -0.1) is 0 Å². The van der Waals surface area contributed by atoms with Crippen LogP contribution in [-0.2, 0) is 0 Å². The van der Waals surface area contributed by atoms with Crippen molar-refractivity contribution in [3.8, 4) is 11.3 Å². The van der Waals surface area contributed by atoms with E-state index in [1.54, 1.807) is 30.5 Å². The maximum Gasteiger partial charge on any atom is 0.123 e. The van der Waals surface area contributed by atoms with E-state index in [1.165, 1.54) is 12.1 Å². The fourth-order valence-corrected chi connectivity index (χ4v) is 1.91. The van der Waals surface area contributed by atoms with E-state index >= 15 is 0 Å². The summed E-state index contributed by atoms with van der Waals surface area (Å²) in [5, 5.41) is 0.631. The van der Waals surface area contributed by atoms with Gasteiger partial charge in [-0.3, -0.25) is 4.98 Å². The molecule has 2 nitrogen and oxygen atoms in total. The van der Waals surface area contributed by atoms with Crippen LogP contribution in [-0.4, -0.2) is 9.97 Å². The molecule has 0 unspecified atom stereocenters. The number of halogens is 2. The molecular weight excluding hydrogens is 251 g/mol. The highest BCUT2D eigenvalue weighted by molar-refractivity contribution is 6.31. The van der Waals surface area contributed by atoms with Crippen LogP contribution in [0, 0.1) is 5.82 Å². The average molecular weight is 259 g/mol. The lowest BCUT2D eigenvalue weighted by molar-refractivity contribution is 0.628. The quantitative estimate of drug-likeness (QED) is 0.657. The summed E-state index contributed by atoms with van der Waals surface area (Å²) < 4.78 is 12.8. The molecule has 1 aromatic heterocycles. The Morgan fingerprint density at radius 3 is 2.50 bits per heavy atom. The molecule has 0 atom stereocenters. The Hall–Kier alpha value is -2.00. The van der Waals surface area contributed by atoms with Crippen LogP contribution in [0.15, 0.2) is 48.7 Å². The van der Waals surface area contributed by atoms with Crippen LogP contribution in [0.5, 0.6) is 0 Å². The highest BCUT2D eigenvalue weighted by Gasteiger charge is 2.03. The average Bonchev–Trinajstić information content (AvgIpc) is 2.39. The lowest BCUT2D eigenvalue weighted by atomic mass is 10.1. The summed E-state index contributed by atoms with van der Waals surface area (Å²) in [5.41, 5.74) is 3.06. The van der Waals surface area contributed by atoms with Gasteiger partial charge in [-0.05, 0) is 42.5 Å². The molecule has 4 heteroatoms. The van der Waals surface area contributed by atoms with E-state index in [0.29, 0.717) is 10.7 Å². The van der Waals surface area contributed by atoms with Gasteiger partial charge in [0.05, 0.1) is 22.9 Å². The van der Waals surface area contributed by atoms with Crippen molar-refractivity contribution in [2.45, 2.75) is 0 Å². The molecule has 18 heavy (non-hydrogen) atoms. The predicted molar refractivity (Wildman–Crippen MR) is 69.9 cm³/mol. The summed E-state index contributed by atoms with van der Waals surface area (Å²) in [6, 6.07) is 11.5. The Morgan fingerprint density at radius 2 is 1.72 bits per heavy atom. The Morgan fingerprint density at radius 1 is 0.944 bits per heavy atom. The molecule has 0 amide bonds. The summed E-state index contributed by atoms with van der Waals surface area (Å²) in [7, 11) is 0. The van der Waals surface area contributed by atoms with E-state index in [0.717, 1.165) is 16.6 Å². The molecule has 3 rings (SSSR count). The first kappa shape index (κ1) is 11.1. The predicted octanol–water partition coefficient (Wildman–Crippen LogP) is 4.09. The minimum atomic E-state index is -0.265. The first-order valence-electron chi connectivity index (χ1n) is 5.41. The molecule has 0 spiro atoms. The topological polar surface area (TPSA) is 25.8 Å². The van der Waals surface area contributed by atoms with Crippen molar-refractivity contribution in [3.63, 3.8) is 0 Å². The van der Waals surface area contributed by atoms with Crippen molar-refractivity contribution < 1.29 is 4.39 Å². The Bertz CT molecular complexity index is 711. The third-order valence-electron chi connectivity index (χ3n) is 2.64. The first-order valence-corrected chi connectivity index (χ1v) is 5.78. The molecule has 3 aromatic rings. The van der Waals surface area contributed by atoms with Crippen LogP contribution in [0.2, 0.25) is 5.02 Å². The Kier molecular flexibility index (Phi) is 2.68. The smallest absolute Gasteiger partial charge is 0.123 e. The van der Waals surface area contributed by atoms with Crippen LogP contribution < -0.4 is 0 Å². The summed E-state index contributed by atoms with van der Waals surface area (Å²) in [6.07, 6.45) is 1.66. The fourth-order valence-electron chi connectivity index (χ4n) is 1.74. The number of hydrogen-bond acceptors (Lipinski definition) is 2. The van der Waals surface area contributed by atoms with Gasteiger partial charge in [0.15, 0.2) is 0 Å². The van der Waals surface area contributed by atoms with E-state index in [4.69, 9.17) is 11.6 Å². The van der Waals surface area contributed by atoms with Gasteiger partial charge in [0.2, 0.25) is 0 Å². The van der Waals surface area contributed by atoms with Crippen LogP contribution >= 0.6 is 11.6 Å². The normalized spacial score (nSPS) is 10.8. The van der Waals surface area contributed by atoms with Gasteiger partial charge >= 0.3 is 0 Å². The third-order valence-corrected chi connectivity index (χ3v) is 2.88. The van der Waals surface area contributed by atoms with E-state index in [9.17, 15) is 4.39 Å². The Balaban J connectivity index is 2.13. The summed E-state index contributed by atoms with van der Waals surface area (Å²) >= 11 is 5.88. The van der Waals surface area contributed by atoms with Gasteiger partial charge in [-0.25, -0.2) is 9.37 Å². The van der Waals surface area contributed by atoms with Crippen molar-refractivity contribution in [1.29, 1.82) is 0 Å². The molecule has 2 aromatic carbocycles. The zero-order valence-electron chi connectivity index (χ0n) is 9.27. The standard InChI is InChI=1S/C14H8ClFN2/c15-10-3-6-12-13(7-10)17-8-14(18-12)9-1-4-11(16)5-2-9/h1-8H. The lowest BCUT2D eigenvalue weighted by Crippen LogP contribution is -1.88. The summed E-state index contributed by atoms with van der Waals surface area (Å²) in [5.74, 6) is -0.265. The number of benzene rings is 2. The molecule has 0 aliphatic carbocycles. The number of rotatable bonds is 1. The molecule has 0 N–H and O–H groups in total. The molecule has 0 fully saturated rings. The minimum Gasteiger partial charge on any atom is -0.252 e. The molecular formula is C14H8ClFN2. The van der Waals surface area contributed by atoms with Crippen molar-refractivity contribution in [3.05, 3.63) is 59.5 Å². The number of hydrogen-bond donors (Lipinski definition) is 0. The highest BCUT2D eigenvalue weighted by atomic mass is 35.5. The zero-order valence-corrected chi connectivity index (χ0v) is 10.0. The molecule has 0 saturated carbocycles. The summed E-state index contributed by atoms with van der Waals surface area (Å²) in [6.45, 7) is 0. The monoisotopic (exact) mass is 258 g/mol. The van der Waals surface area contributed by atoms with Crippen molar-refractivity contribution in [2.24, 2.45) is 0 Å². The van der Waals surface area contributed by atoms with E-state index < -0.39 is 0 Å². The second-order valence-corrected chi connectivity index (χ2v) is 4.33. The third kappa shape index (κ3) is 2.05. The Labute approximate surface area is 108 Å². The zero-order chi connectivity index (χ0) is 12.5. The van der Waals surface area contributed by atoms with Gasteiger partial charge in [0, 0.05) is 10.6 Å². The second-order valence-electron chi connectivity index (χ2n) is 3.90. The lowest BCUT2D eigenvalue weighted by Gasteiger charge is -2.02. The second kappa shape index (κ2) is 4.35. The van der Waals surface area contributed by atoms with E-state index in [1.807, 2.05) is 6.07 Å². The maximum atomic E-state index is 12.8. The largest absolute Gasteiger partial charge is 0.252 e. The number of aromatic nitrogens is 2. The SMILES string of the molecule is Fc1ccc(-c2cnc3cc(Cl)ccc3n2)cc1. The molecule has 0 aliphatic rings. The van der Waals surface area contributed by atoms with Crippen molar-refractivity contribution in [2.75, 3.05) is 0 Å². The van der Waals surface area contributed by atoms with Gasteiger partial charge < -0.3 is 0 Å². The molecule has 0 aliphatic heterocycles. The number of nitrogens with zero attached hydrogens (tertiary/aromatic N) is 2. The van der Waals surface area contributed by atoms with Crippen LogP contribution in [0.3, 0.4) is 0 Å². The fraction of sp³-hybridized carbons (Fsp3) is 0.